The summed E-state index contributed by atoms with van der Waals surface area (Å²) in [5, 5.41) is 28.4. The van der Waals surface area contributed by atoms with E-state index in [4.69, 9.17) is 0 Å². The summed E-state index contributed by atoms with van der Waals surface area (Å²) in [6.07, 6.45) is 0.724. The number of nitrogens with one attached hydrogen (secondary N) is 1. The number of aromatic nitrogens is 2. The Morgan fingerprint density at radius 2 is 1.88 bits per heavy atom. The predicted molar refractivity (Wildman–Crippen MR) is 90.9 cm³/mol. The number of hydrogen-bond acceptors (Lipinski definition) is 5. The molecule has 0 aliphatic carbocycles. The van der Waals surface area contributed by atoms with Crippen molar-refractivity contribution in [3.8, 4) is 0 Å². The van der Waals surface area contributed by atoms with Crippen LogP contribution in [0.4, 0.5) is 10.1 Å². The number of fused-ring (bicyclic) bond motifs is 1. The molecule has 7 nitrogen and oxygen atoms in total. The van der Waals surface area contributed by atoms with E-state index in [-0.39, 0.29) is 28.8 Å². The quantitative estimate of drug-likeness (QED) is 0.505. The second-order valence-corrected chi connectivity index (χ2v) is 6.23. The largest absolute Gasteiger partial charge is 0.618 e. The number of hydrogen-bond donors (Lipinski definition) is 1. The molecular weight excluding hydrogens is 327 g/mol. The van der Waals surface area contributed by atoms with Gasteiger partial charge in [0, 0.05) is 45.6 Å². The minimum atomic E-state index is -0.572. The number of anilines is 1. The molecule has 0 unspecified atom stereocenters. The van der Waals surface area contributed by atoms with Crippen molar-refractivity contribution in [1.29, 1.82) is 0 Å². The van der Waals surface area contributed by atoms with Crippen LogP contribution >= 0.6 is 0 Å². The topological polar surface area (TPSA) is 86.2 Å². The first kappa shape index (κ1) is 17.3. The van der Waals surface area contributed by atoms with E-state index < -0.39 is 11.6 Å². The van der Waals surface area contributed by atoms with Crippen LogP contribution in [0.5, 0.6) is 0 Å². The summed E-state index contributed by atoms with van der Waals surface area (Å²) in [7, 11) is 0. The maximum Gasteiger partial charge on any atom is 0.328 e. The lowest BCUT2D eigenvalue weighted by Crippen LogP contribution is -2.47. The highest BCUT2D eigenvalue weighted by atomic mass is 19.1. The molecule has 0 radical (unpaired) electrons. The lowest BCUT2D eigenvalue weighted by atomic mass is 10.1. The summed E-state index contributed by atoms with van der Waals surface area (Å²) in [4.78, 5) is 14.0. The number of ketones is 1. The Labute approximate surface area is 144 Å². The van der Waals surface area contributed by atoms with Crippen molar-refractivity contribution in [2.75, 3.05) is 31.1 Å². The van der Waals surface area contributed by atoms with Crippen LogP contribution in [0.1, 0.15) is 35.9 Å². The molecule has 134 valence electrons. The van der Waals surface area contributed by atoms with Gasteiger partial charge < -0.3 is 20.6 Å². The smallest absolute Gasteiger partial charge is 0.328 e. The maximum absolute atomic E-state index is 14.6. The van der Waals surface area contributed by atoms with Gasteiger partial charge in [-0.15, -0.1) is 0 Å². The number of nitrogens with zero attached hydrogens (tertiary/aromatic N) is 3. The van der Waals surface area contributed by atoms with Gasteiger partial charge >= 0.3 is 5.69 Å². The van der Waals surface area contributed by atoms with Gasteiger partial charge in [0.25, 0.3) is 16.7 Å². The fourth-order valence-corrected chi connectivity index (χ4v) is 3.22. The molecule has 1 N–H and O–H groups in total. The van der Waals surface area contributed by atoms with E-state index in [1.54, 1.807) is 0 Å². The van der Waals surface area contributed by atoms with Crippen LogP contribution < -0.4 is 19.7 Å². The third kappa shape index (κ3) is 2.97. The van der Waals surface area contributed by atoms with Crippen molar-refractivity contribution in [2.45, 2.75) is 26.7 Å². The molecule has 1 aliphatic rings. The fourth-order valence-electron chi connectivity index (χ4n) is 3.22. The molecule has 3 rings (SSSR count). The average Bonchev–Trinajstić information content (AvgIpc) is 2.61. The zero-order valence-corrected chi connectivity index (χ0v) is 14.3. The highest BCUT2D eigenvalue weighted by Gasteiger charge is 2.31. The summed E-state index contributed by atoms with van der Waals surface area (Å²) in [6.45, 7) is 5.93. The van der Waals surface area contributed by atoms with E-state index >= 15 is 0 Å². The number of halogens is 1. The Hall–Kier alpha value is -2.48. The van der Waals surface area contributed by atoms with E-state index in [0.717, 1.165) is 19.2 Å². The minimum absolute atomic E-state index is 0.0406. The van der Waals surface area contributed by atoms with Gasteiger partial charge in [-0.05, 0) is 6.42 Å². The molecule has 1 aromatic carbocycles. The van der Waals surface area contributed by atoms with Gasteiger partial charge in [0.2, 0.25) is 5.78 Å². The van der Waals surface area contributed by atoms with E-state index in [1.807, 2.05) is 11.8 Å². The monoisotopic (exact) mass is 348 g/mol. The fraction of sp³-hybridized carbons (Fsp3) is 0.471. The van der Waals surface area contributed by atoms with Crippen LogP contribution in [0.25, 0.3) is 11.0 Å². The lowest BCUT2D eigenvalue weighted by molar-refractivity contribution is -0.635. The van der Waals surface area contributed by atoms with Crippen molar-refractivity contribution in [3.05, 3.63) is 39.8 Å². The Morgan fingerprint density at radius 1 is 1.24 bits per heavy atom. The van der Waals surface area contributed by atoms with E-state index in [9.17, 15) is 19.6 Å². The van der Waals surface area contributed by atoms with E-state index in [2.05, 4.69) is 5.32 Å². The molecule has 0 bridgehead atoms. The molecule has 0 atom stereocenters. The molecule has 2 aromatic rings. The summed E-state index contributed by atoms with van der Waals surface area (Å²) in [5.41, 5.74) is 0.0649. The molecule has 0 saturated carbocycles. The first-order chi connectivity index (χ1) is 12.0. The second kappa shape index (κ2) is 6.79. The van der Waals surface area contributed by atoms with Crippen LogP contribution in [0, 0.1) is 23.2 Å². The molecule has 0 spiro atoms. The molecule has 1 aromatic heterocycles. The molecule has 8 heteroatoms. The molecule has 1 fully saturated rings. The van der Waals surface area contributed by atoms with Gasteiger partial charge in [0.1, 0.15) is 0 Å². The highest BCUT2D eigenvalue weighted by molar-refractivity contribution is 5.94. The van der Waals surface area contributed by atoms with Crippen molar-refractivity contribution >= 4 is 22.5 Å². The van der Waals surface area contributed by atoms with Crippen LogP contribution in [0.2, 0.25) is 0 Å². The first-order valence-electron chi connectivity index (χ1n) is 8.43. The van der Waals surface area contributed by atoms with Crippen molar-refractivity contribution in [3.63, 3.8) is 0 Å². The van der Waals surface area contributed by atoms with Gasteiger partial charge in [0.15, 0.2) is 5.82 Å². The predicted octanol–water partition coefficient (Wildman–Crippen LogP) is 0.947. The maximum atomic E-state index is 14.6. The zero-order chi connectivity index (χ0) is 18.1. The van der Waals surface area contributed by atoms with Gasteiger partial charge in [-0.25, -0.2) is 4.39 Å². The Kier molecular flexibility index (Phi) is 4.71. The van der Waals surface area contributed by atoms with Crippen LogP contribution in [-0.4, -0.2) is 32.0 Å². The number of carbonyl (C=O) groups is 1. The lowest BCUT2D eigenvalue weighted by Gasteiger charge is -2.29. The first-order valence-corrected chi connectivity index (χ1v) is 8.43. The zero-order valence-electron chi connectivity index (χ0n) is 14.3. The number of benzene rings is 1. The Morgan fingerprint density at radius 3 is 2.52 bits per heavy atom. The van der Waals surface area contributed by atoms with Gasteiger partial charge in [0.05, 0.1) is 11.8 Å². The van der Waals surface area contributed by atoms with Crippen molar-refractivity contribution in [2.24, 2.45) is 0 Å². The van der Waals surface area contributed by atoms with Crippen LogP contribution in [0.15, 0.2) is 12.1 Å². The second-order valence-electron chi connectivity index (χ2n) is 6.23. The van der Waals surface area contributed by atoms with Gasteiger partial charge in [-0.1, -0.05) is 6.92 Å². The number of rotatable bonds is 4. The Balaban J connectivity index is 2.19. The van der Waals surface area contributed by atoms with Crippen LogP contribution in [0.3, 0.4) is 0 Å². The average molecular weight is 348 g/mol. The van der Waals surface area contributed by atoms with Gasteiger partial charge in [-0.2, -0.15) is 9.46 Å². The van der Waals surface area contributed by atoms with Gasteiger partial charge in [-0.3, -0.25) is 4.79 Å². The summed E-state index contributed by atoms with van der Waals surface area (Å²) >= 11 is 0. The number of carbonyl (C=O) groups excluding carboxylic acids is 1. The molecule has 25 heavy (non-hydrogen) atoms. The molecule has 2 heterocycles. The van der Waals surface area contributed by atoms with Crippen LogP contribution in [-0.2, 0) is 0 Å². The normalized spacial score (nSPS) is 14.9. The summed E-state index contributed by atoms with van der Waals surface area (Å²) < 4.78 is 15.5. The number of Topliss-reactive ketones (excluding diaryl/α,β-unsaturated/α-hetero) is 1. The molecule has 1 aliphatic heterocycles. The SMILES string of the molecule is CCCC(=O)c1c(C)[n+]([O-])c2cc(N3CCNCC3)c(F)cc2[n+]1[O-]. The third-order valence-corrected chi connectivity index (χ3v) is 4.53. The number of piperazine rings is 1. The van der Waals surface area contributed by atoms with E-state index in [0.29, 0.717) is 34.7 Å². The van der Waals surface area contributed by atoms with Crippen molar-refractivity contribution < 1.29 is 18.6 Å². The summed E-state index contributed by atoms with van der Waals surface area (Å²) in [5.74, 6) is -0.982. The minimum Gasteiger partial charge on any atom is -0.618 e. The summed E-state index contributed by atoms with van der Waals surface area (Å²) in [6, 6.07) is 2.45. The highest BCUT2D eigenvalue weighted by Crippen LogP contribution is 2.24. The molecular formula is C17H21FN4O3. The Bertz CT molecular complexity index is 835. The van der Waals surface area contributed by atoms with Crippen molar-refractivity contribution in [1.82, 2.24) is 5.32 Å². The molecule has 1 saturated heterocycles. The van der Waals surface area contributed by atoms with E-state index in [1.165, 1.54) is 13.0 Å². The molecule has 0 amide bonds. The standard InChI is InChI=1S/C17H21FN4O3/c1-3-4-16(23)17-11(2)21(24)15-10-13(20-7-5-19-6-8-20)12(18)9-14(15)22(17)25/h9-10,19H,3-8H2,1-2H3. The third-order valence-electron chi connectivity index (χ3n) is 4.53.